The summed E-state index contributed by atoms with van der Waals surface area (Å²) in [6, 6.07) is 19.0. The molecule has 5 rings (SSSR count). The first-order valence-corrected chi connectivity index (χ1v) is 11.5. The maximum atomic E-state index is 13.3. The van der Waals surface area contributed by atoms with E-state index in [9.17, 15) is 14.7 Å². The van der Waals surface area contributed by atoms with Gasteiger partial charge in [-0.25, -0.2) is 4.98 Å². The fourth-order valence-electron chi connectivity index (χ4n) is 4.21. The molecule has 164 valence electrons. The average molecular weight is 475 g/mol. The van der Waals surface area contributed by atoms with E-state index in [-0.39, 0.29) is 11.3 Å². The number of aryl methyl sites for hydroxylation is 2. The molecule has 4 aromatic rings. The number of anilines is 1. The van der Waals surface area contributed by atoms with E-state index < -0.39 is 17.7 Å². The van der Waals surface area contributed by atoms with Crippen LogP contribution < -0.4 is 4.90 Å². The topological polar surface area (TPSA) is 70.5 Å². The number of nitrogens with zero attached hydrogens (tertiary/aromatic N) is 2. The zero-order chi connectivity index (χ0) is 23.3. The molecule has 5 nitrogen and oxygen atoms in total. The van der Waals surface area contributed by atoms with Gasteiger partial charge in [-0.15, -0.1) is 0 Å². The largest absolute Gasteiger partial charge is 0.507 e. The molecule has 1 saturated heterocycles. The summed E-state index contributed by atoms with van der Waals surface area (Å²) in [5, 5.41) is 12.1. The van der Waals surface area contributed by atoms with Gasteiger partial charge in [0.1, 0.15) is 5.76 Å². The van der Waals surface area contributed by atoms with E-state index in [0.29, 0.717) is 21.3 Å². The van der Waals surface area contributed by atoms with Gasteiger partial charge in [-0.1, -0.05) is 59.3 Å². The molecule has 33 heavy (non-hydrogen) atoms. The highest BCUT2D eigenvalue weighted by Crippen LogP contribution is 2.44. The van der Waals surface area contributed by atoms with Crippen molar-refractivity contribution in [3.05, 3.63) is 99.6 Å². The molecule has 0 saturated carbocycles. The average Bonchev–Trinajstić information content (AvgIpc) is 3.33. The number of rotatable bonds is 3. The lowest BCUT2D eigenvalue weighted by Gasteiger charge is -2.22. The molecule has 1 aromatic heterocycles. The van der Waals surface area contributed by atoms with Crippen LogP contribution in [-0.4, -0.2) is 21.8 Å². The Morgan fingerprint density at radius 2 is 1.73 bits per heavy atom. The summed E-state index contributed by atoms with van der Waals surface area (Å²) in [4.78, 5) is 32.7. The Labute approximate surface area is 199 Å². The van der Waals surface area contributed by atoms with Crippen LogP contribution in [-0.2, 0) is 9.59 Å². The molecule has 1 unspecified atom stereocenters. The third kappa shape index (κ3) is 3.61. The number of carbonyl (C=O) groups is 2. The highest BCUT2D eigenvalue weighted by atomic mass is 35.5. The Morgan fingerprint density at radius 3 is 2.42 bits per heavy atom. The van der Waals surface area contributed by atoms with Gasteiger partial charge in [-0.3, -0.25) is 14.5 Å². The third-order valence-electron chi connectivity index (χ3n) is 5.70. The maximum Gasteiger partial charge on any atom is 0.301 e. The highest BCUT2D eigenvalue weighted by molar-refractivity contribution is 7.22. The predicted molar refractivity (Wildman–Crippen MR) is 132 cm³/mol. The van der Waals surface area contributed by atoms with E-state index in [1.807, 2.05) is 56.3 Å². The summed E-state index contributed by atoms with van der Waals surface area (Å²) in [5.41, 5.74) is 4.04. The number of Topliss-reactive ketones (excluding diaryl/α,β-unsaturated/α-hetero) is 1. The SMILES string of the molecule is Cc1cc(C)c2nc(N3C(=O)C(=O)C(=C(O)c4ccc(Cl)cc4)C3c3ccccc3)sc2c1. The van der Waals surface area contributed by atoms with Crippen molar-refractivity contribution >= 4 is 55.7 Å². The fourth-order valence-corrected chi connectivity index (χ4v) is 5.50. The van der Waals surface area contributed by atoms with E-state index in [1.165, 1.54) is 16.2 Å². The number of amides is 1. The number of ketones is 1. The number of halogens is 1. The van der Waals surface area contributed by atoms with Gasteiger partial charge in [0.2, 0.25) is 0 Å². The summed E-state index contributed by atoms with van der Waals surface area (Å²) in [6.45, 7) is 3.98. The van der Waals surface area contributed by atoms with Gasteiger partial charge in [0, 0.05) is 10.6 Å². The number of hydrogen-bond acceptors (Lipinski definition) is 5. The third-order valence-corrected chi connectivity index (χ3v) is 6.96. The maximum absolute atomic E-state index is 13.3. The van der Waals surface area contributed by atoms with Gasteiger partial charge in [-0.2, -0.15) is 0 Å². The van der Waals surface area contributed by atoms with Gasteiger partial charge in [0.05, 0.1) is 21.8 Å². The first-order chi connectivity index (χ1) is 15.8. The second-order valence-corrected chi connectivity index (χ2v) is 9.46. The standard InChI is InChI=1S/C26H19ClN2O3S/c1-14-12-15(2)21-19(13-14)33-26(28-21)29-22(16-6-4-3-5-7-16)20(24(31)25(29)32)23(30)17-8-10-18(27)11-9-17/h3-13,22,30H,1-2H3. The van der Waals surface area contributed by atoms with Crippen LogP contribution in [0, 0.1) is 13.8 Å². The van der Waals surface area contributed by atoms with Crippen LogP contribution in [0.5, 0.6) is 0 Å². The van der Waals surface area contributed by atoms with Crippen molar-refractivity contribution in [2.45, 2.75) is 19.9 Å². The Balaban J connectivity index is 1.73. The molecule has 1 N–H and O–H groups in total. The molecular weight excluding hydrogens is 456 g/mol. The van der Waals surface area contributed by atoms with Crippen LogP contribution in [0.4, 0.5) is 5.13 Å². The first-order valence-electron chi connectivity index (χ1n) is 10.3. The second kappa shape index (κ2) is 8.14. The normalized spacial score (nSPS) is 17.8. The lowest BCUT2D eigenvalue weighted by Crippen LogP contribution is -2.29. The van der Waals surface area contributed by atoms with Crippen molar-refractivity contribution in [1.82, 2.24) is 4.98 Å². The zero-order valence-electron chi connectivity index (χ0n) is 17.9. The van der Waals surface area contributed by atoms with Gasteiger partial charge >= 0.3 is 5.91 Å². The van der Waals surface area contributed by atoms with Crippen LogP contribution >= 0.6 is 22.9 Å². The number of benzene rings is 3. The van der Waals surface area contributed by atoms with Crippen LogP contribution in [0.15, 0.2) is 72.3 Å². The van der Waals surface area contributed by atoms with Crippen LogP contribution in [0.2, 0.25) is 5.02 Å². The summed E-state index contributed by atoms with van der Waals surface area (Å²) < 4.78 is 0.939. The van der Waals surface area contributed by atoms with Gasteiger partial charge in [0.15, 0.2) is 5.13 Å². The number of fused-ring (bicyclic) bond motifs is 1. The zero-order valence-corrected chi connectivity index (χ0v) is 19.4. The summed E-state index contributed by atoms with van der Waals surface area (Å²) in [7, 11) is 0. The highest BCUT2D eigenvalue weighted by Gasteiger charge is 2.48. The van der Waals surface area contributed by atoms with Crippen LogP contribution in [0.1, 0.15) is 28.3 Å². The van der Waals surface area contributed by atoms with Crippen molar-refractivity contribution < 1.29 is 14.7 Å². The van der Waals surface area contributed by atoms with E-state index in [2.05, 4.69) is 0 Å². The molecular formula is C26H19ClN2O3S. The van der Waals surface area contributed by atoms with Crippen LogP contribution in [0.25, 0.3) is 16.0 Å². The molecule has 1 aliphatic rings. The summed E-state index contributed by atoms with van der Waals surface area (Å²) >= 11 is 7.34. The monoisotopic (exact) mass is 474 g/mol. The van der Waals surface area contributed by atoms with E-state index >= 15 is 0 Å². The fraction of sp³-hybridized carbons (Fsp3) is 0.115. The van der Waals surface area contributed by atoms with E-state index in [0.717, 1.165) is 21.3 Å². The minimum atomic E-state index is -0.802. The second-order valence-electron chi connectivity index (χ2n) is 8.01. The molecule has 0 radical (unpaired) electrons. The molecule has 0 spiro atoms. The smallest absolute Gasteiger partial charge is 0.301 e. The Hall–Kier alpha value is -3.48. The molecule has 1 fully saturated rings. The number of thiazole rings is 1. The van der Waals surface area contributed by atoms with Gasteiger partial charge in [-0.05, 0) is 60.9 Å². The number of aliphatic hydroxyl groups is 1. The summed E-state index contributed by atoms with van der Waals surface area (Å²) in [6.07, 6.45) is 0. The van der Waals surface area contributed by atoms with E-state index in [1.54, 1.807) is 24.3 Å². The quantitative estimate of drug-likeness (QED) is 0.218. The Bertz CT molecular complexity index is 1440. The number of aliphatic hydroxyl groups excluding tert-OH is 1. The Morgan fingerprint density at radius 1 is 1.03 bits per heavy atom. The summed E-state index contributed by atoms with van der Waals surface area (Å²) in [5.74, 6) is -1.70. The van der Waals surface area contributed by atoms with Crippen molar-refractivity contribution in [1.29, 1.82) is 0 Å². The minimum absolute atomic E-state index is 0.0284. The predicted octanol–water partition coefficient (Wildman–Crippen LogP) is 6.19. The van der Waals surface area contributed by atoms with Crippen molar-refractivity contribution in [2.75, 3.05) is 4.90 Å². The molecule has 7 heteroatoms. The first kappa shape index (κ1) is 21.4. The molecule has 1 atom stereocenters. The molecule has 2 heterocycles. The van der Waals surface area contributed by atoms with Crippen LogP contribution in [0.3, 0.4) is 0 Å². The number of aromatic nitrogens is 1. The number of hydrogen-bond donors (Lipinski definition) is 1. The van der Waals surface area contributed by atoms with Gasteiger partial charge in [0.25, 0.3) is 5.78 Å². The molecule has 3 aromatic carbocycles. The Kier molecular flexibility index (Phi) is 5.27. The van der Waals surface area contributed by atoms with Crippen molar-refractivity contribution in [2.24, 2.45) is 0 Å². The molecule has 0 aliphatic carbocycles. The van der Waals surface area contributed by atoms with E-state index in [4.69, 9.17) is 16.6 Å². The lowest BCUT2D eigenvalue weighted by molar-refractivity contribution is -0.132. The van der Waals surface area contributed by atoms with Crippen molar-refractivity contribution in [3.63, 3.8) is 0 Å². The minimum Gasteiger partial charge on any atom is -0.507 e. The molecule has 1 aliphatic heterocycles. The molecule has 0 bridgehead atoms. The molecule has 1 amide bonds. The van der Waals surface area contributed by atoms with Crippen molar-refractivity contribution in [3.8, 4) is 0 Å². The van der Waals surface area contributed by atoms with Gasteiger partial charge < -0.3 is 5.11 Å². The lowest BCUT2D eigenvalue weighted by atomic mass is 9.95. The number of carbonyl (C=O) groups excluding carboxylic acids is 2.